The van der Waals surface area contributed by atoms with Gasteiger partial charge in [0.25, 0.3) is 0 Å². The predicted molar refractivity (Wildman–Crippen MR) is 89.5 cm³/mol. The molecule has 3 heteroatoms. The second-order valence-electron chi connectivity index (χ2n) is 7.19. The van der Waals surface area contributed by atoms with Gasteiger partial charge in [0.05, 0.1) is 6.10 Å². The molecule has 0 bridgehead atoms. The van der Waals surface area contributed by atoms with Crippen LogP contribution < -0.4 is 5.73 Å². The fourth-order valence-corrected chi connectivity index (χ4v) is 4.30. The van der Waals surface area contributed by atoms with E-state index in [0.29, 0.717) is 6.10 Å². The highest BCUT2D eigenvalue weighted by molar-refractivity contribution is 4.96. The molecule has 1 saturated carbocycles. The molecule has 2 aliphatic rings. The van der Waals surface area contributed by atoms with E-state index < -0.39 is 0 Å². The van der Waals surface area contributed by atoms with Gasteiger partial charge in [-0.3, -0.25) is 4.90 Å². The number of nitrogens with zero attached hydrogens (tertiary/aromatic N) is 1. The zero-order chi connectivity index (χ0) is 15.1. The fraction of sp³-hybridized carbons (Fsp3) is 1.00. The lowest BCUT2D eigenvalue weighted by atomic mass is 9.74. The van der Waals surface area contributed by atoms with Gasteiger partial charge in [-0.2, -0.15) is 0 Å². The maximum atomic E-state index is 6.27. The summed E-state index contributed by atoms with van der Waals surface area (Å²) >= 11 is 0. The third-order valence-electron chi connectivity index (χ3n) is 5.90. The molecule has 2 fully saturated rings. The molecule has 1 atom stereocenters. The first-order chi connectivity index (χ1) is 10.2. The van der Waals surface area contributed by atoms with E-state index in [2.05, 4.69) is 18.7 Å². The van der Waals surface area contributed by atoms with Crippen LogP contribution in [-0.2, 0) is 4.74 Å². The Morgan fingerprint density at radius 2 is 1.90 bits per heavy atom. The molecule has 1 unspecified atom stereocenters. The van der Waals surface area contributed by atoms with Crippen LogP contribution in [0.2, 0.25) is 0 Å². The van der Waals surface area contributed by atoms with E-state index in [9.17, 15) is 0 Å². The van der Waals surface area contributed by atoms with Crippen molar-refractivity contribution in [3.05, 3.63) is 0 Å². The first-order valence-corrected chi connectivity index (χ1v) is 9.30. The fourth-order valence-electron chi connectivity index (χ4n) is 4.30. The third-order valence-corrected chi connectivity index (χ3v) is 5.90. The summed E-state index contributed by atoms with van der Waals surface area (Å²) in [5.74, 6) is 0.936. The Kier molecular flexibility index (Phi) is 6.97. The highest BCUT2D eigenvalue weighted by Crippen LogP contribution is 2.37. The van der Waals surface area contributed by atoms with E-state index >= 15 is 0 Å². The minimum atomic E-state index is 0.278. The monoisotopic (exact) mass is 296 g/mol. The number of nitrogens with two attached hydrogens (primary N) is 1. The summed E-state index contributed by atoms with van der Waals surface area (Å²) in [7, 11) is 0. The molecule has 124 valence electrons. The van der Waals surface area contributed by atoms with Crippen LogP contribution in [0, 0.1) is 5.92 Å². The van der Waals surface area contributed by atoms with E-state index in [1.54, 1.807) is 0 Å². The van der Waals surface area contributed by atoms with Gasteiger partial charge < -0.3 is 10.5 Å². The lowest BCUT2D eigenvalue weighted by Crippen LogP contribution is -2.56. The van der Waals surface area contributed by atoms with E-state index in [1.165, 1.54) is 70.9 Å². The maximum Gasteiger partial charge on any atom is 0.0588 e. The Balaban J connectivity index is 1.93. The average molecular weight is 296 g/mol. The molecule has 1 aliphatic carbocycles. The molecule has 1 saturated heterocycles. The molecular formula is C18H36N2O. The van der Waals surface area contributed by atoms with Gasteiger partial charge in [-0.1, -0.05) is 20.3 Å². The first-order valence-electron chi connectivity index (χ1n) is 9.30. The van der Waals surface area contributed by atoms with Gasteiger partial charge in [-0.25, -0.2) is 0 Å². The van der Waals surface area contributed by atoms with Crippen molar-refractivity contribution in [3.8, 4) is 0 Å². The topological polar surface area (TPSA) is 38.5 Å². The molecule has 2 rings (SSSR count). The number of ether oxygens (including phenoxy) is 1. The Bertz CT molecular complexity index is 281. The van der Waals surface area contributed by atoms with Gasteiger partial charge in [0.1, 0.15) is 0 Å². The van der Waals surface area contributed by atoms with E-state index in [1.807, 2.05) is 0 Å². The summed E-state index contributed by atoms with van der Waals surface area (Å²) in [6, 6.07) is 0. The third kappa shape index (κ3) is 4.43. The molecule has 1 aliphatic heterocycles. The SMILES string of the molecule is CCCN(CCC1CCCO1)C1(CN)CCC(CC)CC1. The van der Waals surface area contributed by atoms with Crippen molar-refractivity contribution >= 4 is 0 Å². The van der Waals surface area contributed by atoms with Crippen LogP contribution in [0.15, 0.2) is 0 Å². The Morgan fingerprint density at radius 3 is 2.43 bits per heavy atom. The Hall–Kier alpha value is -0.120. The molecule has 21 heavy (non-hydrogen) atoms. The van der Waals surface area contributed by atoms with Gasteiger partial charge in [0.15, 0.2) is 0 Å². The summed E-state index contributed by atoms with van der Waals surface area (Å²) in [5, 5.41) is 0. The van der Waals surface area contributed by atoms with Gasteiger partial charge in [0.2, 0.25) is 0 Å². The molecule has 0 amide bonds. The van der Waals surface area contributed by atoms with Crippen LogP contribution in [0.5, 0.6) is 0 Å². The number of rotatable bonds is 8. The van der Waals surface area contributed by atoms with Crippen molar-refractivity contribution in [2.45, 2.75) is 83.3 Å². The summed E-state index contributed by atoms with van der Waals surface area (Å²) in [6.45, 7) is 8.79. The van der Waals surface area contributed by atoms with Crippen LogP contribution in [-0.4, -0.2) is 42.8 Å². The van der Waals surface area contributed by atoms with Crippen LogP contribution >= 0.6 is 0 Å². The second kappa shape index (κ2) is 8.50. The van der Waals surface area contributed by atoms with E-state index in [0.717, 1.165) is 19.1 Å². The van der Waals surface area contributed by atoms with Gasteiger partial charge in [-0.15, -0.1) is 0 Å². The van der Waals surface area contributed by atoms with Crippen LogP contribution in [0.1, 0.15) is 71.6 Å². The van der Waals surface area contributed by atoms with E-state index in [4.69, 9.17) is 10.5 Å². The first kappa shape index (κ1) is 17.2. The predicted octanol–water partition coefficient (Wildman–Crippen LogP) is 3.57. The quantitative estimate of drug-likeness (QED) is 0.744. The standard InChI is InChI=1S/C18H36N2O/c1-3-12-20(13-9-17-6-5-14-21-17)18(15-19)10-7-16(4-2)8-11-18/h16-17H,3-15,19H2,1-2H3. The molecule has 0 spiro atoms. The highest BCUT2D eigenvalue weighted by atomic mass is 16.5. The van der Waals surface area contributed by atoms with Crippen LogP contribution in [0.3, 0.4) is 0 Å². The average Bonchev–Trinajstić information content (AvgIpc) is 3.05. The van der Waals surface area contributed by atoms with E-state index in [-0.39, 0.29) is 5.54 Å². The molecule has 2 N–H and O–H groups in total. The Labute approximate surface area is 131 Å². The second-order valence-corrected chi connectivity index (χ2v) is 7.19. The molecule has 0 aromatic heterocycles. The zero-order valence-corrected chi connectivity index (χ0v) is 14.3. The van der Waals surface area contributed by atoms with Crippen LogP contribution in [0.4, 0.5) is 0 Å². The minimum Gasteiger partial charge on any atom is -0.378 e. The van der Waals surface area contributed by atoms with Crippen molar-refractivity contribution in [1.82, 2.24) is 4.90 Å². The lowest BCUT2D eigenvalue weighted by Gasteiger charge is -2.48. The van der Waals surface area contributed by atoms with Crippen molar-refractivity contribution in [3.63, 3.8) is 0 Å². The molecule has 0 radical (unpaired) electrons. The summed E-state index contributed by atoms with van der Waals surface area (Å²) in [4.78, 5) is 2.72. The van der Waals surface area contributed by atoms with Crippen molar-refractivity contribution < 1.29 is 4.74 Å². The Morgan fingerprint density at radius 1 is 1.14 bits per heavy atom. The molecule has 3 nitrogen and oxygen atoms in total. The molecule has 0 aromatic rings. The van der Waals surface area contributed by atoms with Crippen molar-refractivity contribution in [2.75, 3.05) is 26.2 Å². The lowest BCUT2D eigenvalue weighted by molar-refractivity contribution is 0.0230. The normalized spacial score (nSPS) is 33.7. The summed E-state index contributed by atoms with van der Waals surface area (Å²) in [6.07, 6.45) is 12.1. The molecule has 0 aromatic carbocycles. The minimum absolute atomic E-state index is 0.278. The van der Waals surface area contributed by atoms with Crippen molar-refractivity contribution in [2.24, 2.45) is 11.7 Å². The smallest absolute Gasteiger partial charge is 0.0588 e. The summed E-state index contributed by atoms with van der Waals surface area (Å²) in [5.41, 5.74) is 6.55. The largest absolute Gasteiger partial charge is 0.378 e. The summed E-state index contributed by atoms with van der Waals surface area (Å²) < 4.78 is 5.81. The number of hydrogen-bond acceptors (Lipinski definition) is 3. The molecule has 1 heterocycles. The highest BCUT2D eigenvalue weighted by Gasteiger charge is 2.38. The number of hydrogen-bond donors (Lipinski definition) is 1. The van der Waals surface area contributed by atoms with Crippen molar-refractivity contribution in [1.29, 1.82) is 0 Å². The van der Waals surface area contributed by atoms with Crippen LogP contribution in [0.25, 0.3) is 0 Å². The van der Waals surface area contributed by atoms with Gasteiger partial charge in [-0.05, 0) is 63.8 Å². The van der Waals surface area contributed by atoms with Gasteiger partial charge >= 0.3 is 0 Å². The van der Waals surface area contributed by atoms with Gasteiger partial charge in [0, 0.05) is 25.2 Å². The molecular weight excluding hydrogens is 260 g/mol. The maximum absolute atomic E-state index is 6.27. The zero-order valence-electron chi connectivity index (χ0n) is 14.3.